The number of benzene rings is 2. The summed E-state index contributed by atoms with van der Waals surface area (Å²) in [5.74, 6) is 1.15. The number of hydrogen-bond acceptors (Lipinski definition) is 6. The first-order chi connectivity index (χ1) is 15.5. The van der Waals surface area contributed by atoms with Gasteiger partial charge >= 0.3 is 0 Å². The van der Waals surface area contributed by atoms with Crippen molar-refractivity contribution in [2.75, 3.05) is 13.7 Å². The van der Waals surface area contributed by atoms with Gasteiger partial charge in [0.25, 0.3) is 5.91 Å². The first kappa shape index (κ1) is 21.6. The van der Waals surface area contributed by atoms with E-state index in [4.69, 9.17) is 9.72 Å². The van der Waals surface area contributed by atoms with Gasteiger partial charge in [0.15, 0.2) is 0 Å². The number of amides is 1. The standard InChI is InChI=1S/C23H27N7O2/c1-15(2)30-27-21(26-28-30)17-9-11-18(12-10-17)23(31)24-16(3)22-25-19-7-5-6-8-20(19)29(22)13-14-32-4/h5-12,15-16H,13-14H2,1-4H3,(H,24,31). The average Bonchev–Trinajstić information content (AvgIpc) is 3.43. The lowest BCUT2D eigenvalue weighted by Crippen LogP contribution is -2.29. The number of fused-ring (bicyclic) bond motifs is 1. The predicted octanol–water partition coefficient (Wildman–Crippen LogP) is 3.41. The van der Waals surface area contributed by atoms with Crippen molar-refractivity contribution in [1.29, 1.82) is 0 Å². The number of hydrogen-bond donors (Lipinski definition) is 1. The number of imidazole rings is 1. The van der Waals surface area contributed by atoms with Gasteiger partial charge in [-0.3, -0.25) is 4.79 Å². The van der Waals surface area contributed by atoms with Crippen molar-refractivity contribution in [3.05, 3.63) is 59.9 Å². The van der Waals surface area contributed by atoms with Gasteiger partial charge in [0.1, 0.15) is 5.82 Å². The molecule has 0 bridgehead atoms. The van der Waals surface area contributed by atoms with E-state index >= 15 is 0 Å². The summed E-state index contributed by atoms with van der Waals surface area (Å²) in [7, 11) is 1.67. The number of carbonyl (C=O) groups excluding carboxylic acids is 1. The SMILES string of the molecule is COCCn1c(C(C)NC(=O)c2ccc(-c3nnn(C(C)C)n3)cc2)nc2ccccc21. The highest BCUT2D eigenvalue weighted by Gasteiger charge is 2.19. The first-order valence-corrected chi connectivity index (χ1v) is 10.6. The summed E-state index contributed by atoms with van der Waals surface area (Å²) in [6, 6.07) is 15.0. The summed E-state index contributed by atoms with van der Waals surface area (Å²) in [6.07, 6.45) is 0. The van der Waals surface area contributed by atoms with Crippen molar-refractivity contribution in [2.24, 2.45) is 0 Å². The lowest BCUT2D eigenvalue weighted by atomic mass is 10.1. The van der Waals surface area contributed by atoms with Gasteiger partial charge in [-0.1, -0.05) is 24.3 Å². The van der Waals surface area contributed by atoms with Gasteiger partial charge < -0.3 is 14.6 Å². The Hall–Kier alpha value is -3.59. The van der Waals surface area contributed by atoms with Gasteiger partial charge in [-0.05, 0) is 50.3 Å². The molecular formula is C23H27N7O2. The zero-order valence-corrected chi connectivity index (χ0v) is 18.7. The fourth-order valence-corrected chi connectivity index (χ4v) is 3.52. The Kier molecular flexibility index (Phi) is 6.27. The van der Waals surface area contributed by atoms with Crippen LogP contribution in [-0.4, -0.2) is 49.4 Å². The van der Waals surface area contributed by atoms with Gasteiger partial charge in [-0.15, -0.1) is 10.2 Å². The summed E-state index contributed by atoms with van der Waals surface area (Å²) >= 11 is 0. The molecule has 166 valence electrons. The van der Waals surface area contributed by atoms with E-state index in [1.165, 1.54) is 0 Å². The number of ether oxygens (including phenoxy) is 1. The second-order valence-electron chi connectivity index (χ2n) is 7.90. The van der Waals surface area contributed by atoms with Crippen LogP contribution >= 0.6 is 0 Å². The fraction of sp³-hybridized carbons (Fsp3) is 0.348. The molecular weight excluding hydrogens is 406 g/mol. The summed E-state index contributed by atoms with van der Waals surface area (Å²) in [4.78, 5) is 19.2. The molecule has 0 radical (unpaired) electrons. The van der Waals surface area contributed by atoms with Crippen molar-refractivity contribution in [3.63, 3.8) is 0 Å². The molecule has 0 spiro atoms. The van der Waals surface area contributed by atoms with E-state index in [-0.39, 0.29) is 18.0 Å². The van der Waals surface area contributed by atoms with Crippen molar-refractivity contribution >= 4 is 16.9 Å². The molecule has 2 aromatic carbocycles. The number of carbonyl (C=O) groups is 1. The molecule has 9 nitrogen and oxygen atoms in total. The monoisotopic (exact) mass is 433 g/mol. The molecule has 0 fully saturated rings. The molecule has 2 aromatic heterocycles. The summed E-state index contributed by atoms with van der Waals surface area (Å²) in [5, 5.41) is 15.6. The molecule has 1 amide bonds. The Bertz CT molecular complexity index is 1210. The maximum absolute atomic E-state index is 12.9. The van der Waals surface area contributed by atoms with Crippen molar-refractivity contribution < 1.29 is 9.53 Å². The van der Waals surface area contributed by atoms with E-state index in [1.807, 2.05) is 57.2 Å². The lowest BCUT2D eigenvalue weighted by Gasteiger charge is -2.16. The van der Waals surface area contributed by atoms with E-state index in [0.717, 1.165) is 22.4 Å². The maximum Gasteiger partial charge on any atom is 0.251 e. The van der Waals surface area contributed by atoms with Crippen molar-refractivity contribution in [3.8, 4) is 11.4 Å². The molecule has 32 heavy (non-hydrogen) atoms. The van der Waals surface area contributed by atoms with Crippen LogP contribution in [0.5, 0.6) is 0 Å². The second kappa shape index (κ2) is 9.27. The molecule has 1 N–H and O–H groups in total. The normalized spacial score (nSPS) is 12.4. The first-order valence-electron chi connectivity index (χ1n) is 10.6. The van der Waals surface area contributed by atoms with E-state index in [0.29, 0.717) is 24.5 Å². The van der Waals surface area contributed by atoms with E-state index in [2.05, 4.69) is 25.3 Å². The quantitative estimate of drug-likeness (QED) is 0.457. The summed E-state index contributed by atoms with van der Waals surface area (Å²) in [6.45, 7) is 7.13. The molecule has 9 heteroatoms. The van der Waals surface area contributed by atoms with Crippen molar-refractivity contribution in [2.45, 2.75) is 39.4 Å². The predicted molar refractivity (Wildman–Crippen MR) is 121 cm³/mol. The van der Waals surface area contributed by atoms with Crippen LogP contribution in [-0.2, 0) is 11.3 Å². The highest BCUT2D eigenvalue weighted by atomic mass is 16.5. The number of aromatic nitrogens is 6. The lowest BCUT2D eigenvalue weighted by molar-refractivity contribution is 0.0937. The highest BCUT2D eigenvalue weighted by molar-refractivity contribution is 5.94. The van der Waals surface area contributed by atoms with E-state index in [1.54, 1.807) is 24.0 Å². The molecule has 1 unspecified atom stereocenters. The number of tetrazole rings is 1. The van der Waals surface area contributed by atoms with Crippen LogP contribution in [0.15, 0.2) is 48.5 Å². The van der Waals surface area contributed by atoms with Crippen LogP contribution in [0.25, 0.3) is 22.4 Å². The Morgan fingerprint density at radius 1 is 1.09 bits per heavy atom. The van der Waals surface area contributed by atoms with E-state index < -0.39 is 0 Å². The third-order valence-corrected chi connectivity index (χ3v) is 5.23. The third kappa shape index (κ3) is 4.38. The highest BCUT2D eigenvalue weighted by Crippen LogP contribution is 2.22. The van der Waals surface area contributed by atoms with Gasteiger partial charge in [0, 0.05) is 24.8 Å². The van der Waals surface area contributed by atoms with Crippen molar-refractivity contribution in [1.82, 2.24) is 35.1 Å². The molecule has 0 saturated heterocycles. The van der Waals surface area contributed by atoms with Crippen LogP contribution in [0.2, 0.25) is 0 Å². The summed E-state index contributed by atoms with van der Waals surface area (Å²) in [5.41, 5.74) is 3.28. The fourth-order valence-electron chi connectivity index (χ4n) is 3.52. The Morgan fingerprint density at radius 3 is 2.53 bits per heavy atom. The Labute approximate surface area is 186 Å². The van der Waals surface area contributed by atoms with Crippen LogP contribution < -0.4 is 5.32 Å². The van der Waals surface area contributed by atoms with Gasteiger partial charge in [-0.2, -0.15) is 4.80 Å². The smallest absolute Gasteiger partial charge is 0.251 e. The Balaban J connectivity index is 1.51. The zero-order valence-electron chi connectivity index (χ0n) is 18.7. The second-order valence-corrected chi connectivity index (χ2v) is 7.90. The molecule has 0 aliphatic heterocycles. The number of methoxy groups -OCH3 is 1. The van der Waals surface area contributed by atoms with Gasteiger partial charge in [-0.25, -0.2) is 4.98 Å². The number of para-hydroxylation sites is 2. The topological polar surface area (TPSA) is 99.8 Å². The van der Waals surface area contributed by atoms with Crippen LogP contribution in [0.4, 0.5) is 0 Å². The number of rotatable bonds is 8. The number of nitrogens with one attached hydrogen (secondary N) is 1. The van der Waals surface area contributed by atoms with Gasteiger partial charge in [0.2, 0.25) is 5.82 Å². The molecule has 4 rings (SSSR count). The molecule has 0 saturated carbocycles. The average molecular weight is 434 g/mol. The maximum atomic E-state index is 12.9. The Morgan fingerprint density at radius 2 is 1.84 bits per heavy atom. The minimum atomic E-state index is -0.279. The minimum Gasteiger partial charge on any atom is -0.383 e. The largest absolute Gasteiger partial charge is 0.383 e. The number of nitrogens with zero attached hydrogens (tertiary/aromatic N) is 6. The zero-order chi connectivity index (χ0) is 22.7. The molecule has 0 aliphatic carbocycles. The van der Waals surface area contributed by atoms with E-state index in [9.17, 15) is 4.79 Å². The van der Waals surface area contributed by atoms with Gasteiger partial charge in [0.05, 0.1) is 29.7 Å². The van der Waals surface area contributed by atoms with Crippen LogP contribution in [0, 0.1) is 0 Å². The third-order valence-electron chi connectivity index (χ3n) is 5.23. The minimum absolute atomic E-state index is 0.135. The molecule has 1 atom stereocenters. The van der Waals surface area contributed by atoms with Crippen LogP contribution in [0.1, 0.15) is 49.0 Å². The van der Waals surface area contributed by atoms with Crippen LogP contribution in [0.3, 0.4) is 0 Å². The molecule has 4 aromatic rings. The molecule has 2 heterocycles. The summed E-state index contributed by atoms with van der Waals surface area (Å²) < 4.78 is 7.35. The molecule has 0 aliphatic rings.